The van der Waals surface area contributed by atoms with Crippen LogP contribution in [-0.4, -0.2) is 14.5 Å². The average Bonchev–Trinajstić information content (AvgIpc) is 3.07. The van der Waals surface area contributed by atoms with Crippen molar-refractivity contribution in [1.82, 2.24) is 14.5 Å². The number of aromatic nitrogens is 3. The summed E-state index contributed by atoms with van der Waals surface area (Å²) in [5.41, 5.74) is 4.61. The zero-order valence-corrected chi connectivity index (χ0v) is 14.0. The van der Waals surface area contributed by atoms with Crippen molar-refractivity contribution in [3.63, 3.8) is 0 Å². The molecule has 24 heavy (non-hydrogen) atoms. The molecule has 5 heteroatoms. The fourth-order valence-electron chi connectivity index (χ4n) is 2.66. The van der Waals surface area contributed by atoms with Crippen LogP contribution in [0.5, 0.6) is 0 Å². The lowest BCUT2D eigenvalue weighted by atomic mass is 10.0. The van der Waals surface area contributed by atoms with E-state index in [0.717, 1.165) is 28.3 Å². The van der Waals surface area contributed by atoms with E-state index in [4.69, 9.17) is 0 Å². The Morgan fingerprint density at radius 1 is 1.12 bits per heavy atom. The summed E-state index contributed by atoms with van der Waals surface area (Å²) >= 11 is 0. The molecule has 2 heterocycles. The van der Waals surface area contributed by atoms with Gasteiger partial charge in [0.05, 0.1) is 12.1 Å². The highest BCUT2D eigenvalue weighted by molar-refractivity contribution is 5.58. The zero-order valence-electron chi connectivity index (χ0n) is 14.0. The smallest absolute Gasteiger partial charge is 0.144 e. The van der Waals surface area contributed by atoms with Gasteiger partial charge in [0.2, 0.25) is 0 Å². The van der Waals surface area contributed by atoms with E-state index in [1.807, 2.05) is 61.9 Å². The predicted octanol–water partition coefficient (Wildman–Crippen LogP) is 3.68. The van der Waals surface area contributed by atoms with Crippen molar-refractivity contribution in [3.05, 3.63) is 70.9 Å². The summed E-state index contributed by atoms with van der Waals surface area (Å²) in [4.78, 5) is 8.95. The Hall–Kier alpha value is -3.13. The summed E-state index contributed by atoms with van der Waals surface area (Å²) in [7, 11) is 0. The first-order valence-electron chi connectivity index (χ1n) is 7.81. The van der Waals surface area contributed by atoms with Crippen molar-refractivity contribution < 1.29 is 0 Å². The van der Waals surface area contributed by atoms with Gasteiger partial charge in [0.1, 0.15) is 17.7 Å². The number of para-hydroxylation sites is 1. The molecular weight excluding hydrogens is 298 g/mol. The Morgan fingerprint density at radius 3 is 2.58 bits per heavy atom. The number of imidazole rings is 1. The highest BCUT2D eigenvalue weighted by Crippen LogP contribution is 2.22. The highest BCUT2D eigenvalue weighted by atomic mass is 15.1. The molecule has 0 fully saturated rings. The predicted molar refractivity (Wildman–Crippen MR) is 94.1 cm³/mol. The van der Waals surface area contributed by atoms with E-state index < -0.39 is 0 Å². The van der Waals surface area contributed by atoms with Gasteiger partial charge < -0.3 is 9.88 Å². The third-order valence-electron chi connectivity index (χ3n) is 4.27. The minimum Gasteiger partial charge on any atom is -0.362 e. The molecule has 3 rings (SSSR count). The van der Waals surface area contributed by atoms with Crippen molar-refractivity contribution >= 4 is 5.82 Å². The average molecular weight is 317 g/mol. The Kier molecular flexibility index (Phi) is 4.30. The number of rotatable bonds is 4. The molecule has 0 atom stereocenters. The largest absolute Gasteiger partial charge is 0.362 e. The maximum absolute atomic E-state index is 9.45. The molecule has 0 amide bonds. The molecule has 1 N–H and O–H groups in total. The number of benzene rings is 1. The van der Waals surface area contributed by atoms with Crippen LogP contribution in [0.15, 0.2) is 42.7 Å². The van der Waals surface area contributed by atoms with Crippen molar-refractivity contribution in [2.24, 2.45) is 0 Å². The van der Waals surface area contributed by atoms with Gasteiger partial charge in [-0.2, -0.15) is 5.26 Å². The quantitative estimate of drug-likeness (QED) is 0.797. The number of anilines is 1. The molecule has 0 bridgehead atoms. The molecule has 0 aliphatic heterocycles. The normalized spacial score (nSPS) is 10.4. The molecule has 0 saturated heterocycles. The molecule has 0 saturated carbocycles. The summed E-state index contributed by atoms with van der Waals surface area (Å²) < 4.78 is 2.02. The van der Waals surface area contributed by atoms with E-state index in [9.17, 15) is 5.26 Å². The Bertz CT molecular complexity index is 903. The number of hydrogen-bond acceptors (Lipinski definition) is 4. The van der Waals surface area contributed by atoms with Crippen LogP contribution < -0.4 is 5.32 Å². The van der Waals surface area contributed by atoms with Gasteiger partial charge in [0.15, 0.2) is 0 Å². The van der Waals surface area contributed by atoms with Gasteiger partial charge in [0, 0.05) is 23.8 Å². The fraction of sp³-hybridized carbons (Fsp3) is 0.211. The highest BCUT2D eigenvalue weighted by Gasteiger charge is 2.13. The van der Waals surface area contributed by atoms with E-state index in [-0.39, 0.29) is 0 Å². The first-order valence-corrected chi connectivity index (χ1v) is 7.81. The molecule has 0 spiro atoms. The summed E-state index contributed by atoms with van der Waals surface area (Å²) in [6, 6.07) is 12.3. The summed E-state index contributed by atoms with van der Waals surface area (Å²) in [5.74, 6) is 1.48. The first-order chi connectivity index (χ1) is 11.6. The van der Waals surface area contributed by atoms with Crippen LogP contribution in [0.4, 0.5) is 5.82 Å². The van der Waals surface area contributed by atoms with Gasteiger partial charge >= 0.3 is 0 Å². The lowest BCUT2D eigenvalue weighted by molar-refractivity contribution is 0.891. The molecule has 0 aliphatic carbocycles. The van der Waals surface area contributed by atoms with Crippen LogP contribution in [0.2, 0.25) is 0 Å². The molecule has 5 nitrogen and oxygen atoms in total. The van der Waals surface area contributed by atoms with Crippen LogP contribution in [0.1, 0.15) is 28.2 Å². The Morgan fingerprint density at radius 2 is 1.88 bits per heavy atom. The first kappa shape index (κ1) is 15.8. The topological polar surface area (TPSA) is 66.5 Å². The second kappa shape index (κ2) is 6.55. The van der Waals surface area contributed by atoms with Gasteiger partial charge in [0.25, 0.3) is 0 Å². The molecule has 0 unspecified atom stereocenters. The number of hydrogen-bond donors (Lipinski definition) is 1. The third-order valence-corrected chi connectivity index (χ3v) is 4.27. The summed E-state index contributed by atoms with van der Waals surface area (Å²) in [6.45, 7) is 6.40. The standard InChI is InChI=1S/C19H19N5/c1-13-14(2)17(11-20)19(23-15(13)3)22-12-18-21-9-10-24(18)16-7-5-4-6-8-16/h4-10H,12H2,1-3H3,(H,22,23). The lowest BCUT2D eigenvalue weighted by Crippen LogP contribution is -2.11. The van der Waals surface area contributed by atoms with Crippen LogP contribution in [0.25, 0.3) is 5.69 Å². The summed E-state index contributed by atoms with van der Waals surface area (Å²) in [5, 5.41) is 12.7. The van der Waals surface area contributed by atoms with Crippen molar-refractivity contribution in [3.8, 4) is 11.8 Å². The third kappa shape index (κ3) is 2.86. The number of nitrogens with zero attached hydrogens (tertiary/aromatic N) is 4. The number of nitrogens with one attached hydrogen (secondary N) is 1. The van der Waals surface area contributed by atoms with Crippen LogP contribution in [0, 0.1) is 32.1 Å². The van der Waals surface area contributed by atoms with E-state index in [1.54, 1.807) is 6.20 Å². The molecular formula is C19H19N5. The van der Waals surface area contributed by atoms with Crippen LogP contribution >= 0.6 is 0 Å². The van der Waals surface area contributed by atoms with E-state index >= 15 is 0 Å². The molecule has 0 radical (unpaired) electrons. The molecule has 1 aromatic carbocycles. The zero-order chi connectivity index (χ0) is 17.1. The molecule has 2 aromatic heterocycles. The molecule has 3 aromatic rings. The molecule has 120 valence electrons. The SMILES string of the molecule is Cc1nc(NCc2nccn2-c2ccccc2)c(C#N)c(C)c1C. The van der Waals surface area contributed by atoms with Gasteiger partial charge in [-0.15, -0.1) is 0 Å². The van der Waals surface area contributed by atoms with Crippen molar-refractivity contribution in [1.29, 1.82) is 5.26 Å². The van der Waals surface area contributed by atoms with E-state index in [2.05, 4.69) is 21.4 Å². The molecule has 0 aliphatic rings. The fourth-order valence-corrected chi connectivity index (χ4v) is 2.66. The van der Waals surface area contributed by atoms with Gasteiger partial charge in [-0.05, 0) is 44.0 Å². The van der Waals surface area contributed by atoms with Gasteiger partial charge in [-0.1, -0.05) is 18.2 Å². The maximum atomic E-state index is 9.45. The van der Waals surface area contributed by atoms with Crippen LogP contribution in [-0.2, 0) is 6.54 Å². The van der Waals surface area contributed by atoms with E-state index in [0.29, 0.717) is 17.9 Å². The summed E-state index contributed by atoms with van der Waals surface area (Å²) in [6.07, 6.45) is 3.70. The Balaban J connectivity index is 1.89. The van der Waals surface area contributed by atoms with Crippen molar-refractivity contribution in [2.75, 3.05) is 5.32 Å². The van der Waals surface area contributed by atoms with Crippen LogP contribution in [0.3, 0.4) is 0 Å². The van der Waals surface area contributed by atoms with Gasteiger partial charge in [-0.25, -0.2) is 9.97 Å². The number of pyridine rings is 1. The van der Waals surface area contributed by atoms with Crippen molar-refractivity contribution in [2.45, 2.75) is 27.3 Å². The Labute approximate surface area is 141 Å². The minimum absolute atomic E-state index is 0.492. The lowest BCUT2D eigenvalue weighted by Gasteiger charge is -2.14. The minimum atomic E-state index is 0.492. The number of nitriles is 1. The van der Waals surface area contributed by atoms with E-state index in [1.165, 1.54) is 0 Å². The number of aryl methyl sites for hydroxylation is 1. The second-order valence-corrected chi connectivity index (χ2v) is 5.69. The second-order valence-electron chi connectivity index (χ2n) is 5.69. The van der Waals surface area contributed by atoms with Gasteiger partial charge in [-0.3, -0.25) is 0 Å². The maximum Gasteiger partial charge on any atom is 0.144 e. The monoisotopic (exact) mass is 317 g/mol.